The molecule has 0 fully saturated rings. The lowest BCUT2D eigenvalue weighted by Crippen LogP contribution is -2.41. The number of aromatic nitrogens is 1. The molecule has 0 spiro atoms. The molecule has 1 unspecified atom stereocenters. The van der Waals surface area contributed by atoms with E-state index >= 15 is 0 Å². The van der Waals surface area contributed by atoms with Crippen molar-refractivity contribution in [3.05, 3.63) is 30.1 Å². The molecule has 4 heteroatoms. The second-order valence-corrected chi connectivity index (χ2v) is 3.36. The van der Waals surface area contributed by atoms with E-state index in [1.54, 1.807) is 12.4 Å². The van der Waals surface area contributed by atoms with Crippen molar-refractivity contribution >= 4 is 5.91 Å². The molecule has 1 atom stereocenters. The molecule has 0 saturated carbocycles. The van der Waals surface area contributed by atoms with Gasteiger partial charge >= 0.3 is 0 Å². The quantitative estimate of drug-likeness (QED) is 0.747. The molecule has 82 valence electrons. The SMILES string of the molecule is CCNC(=O)C(C)NCc1cccnc1. The van der Waals surface area contributed by atoms with Gasteiger partial charge in [-0.2, -0.15) is 0 Å². The number of nitrogens with one attached hydrogen (secondary N) is 2. The first kappa shape index (κ1) is 11.7. The highest BCUT2D eigenvalue weighted by atomic mass is 16.2. The van der Waals surface area contributed by atoms with Crippen LogP contribution < -0.4 is 10.6 Å². The maximum Gasteiger partial charge on any atom is 0.236 e. The molecule has 1 heterocycles. The molecule has 0 aliphatic carbocycles. The van der Waals surface area contributed by atoms with E-state index in [4.69, 9.17) is 0 Å². The smallest absolute Gasteiger partial charge is 0.236 e. The molecule has 0 aliphatic rings. The second kappa shape index (κ2) is 6.14. The number of hydrogen-bond acceptors (Lipinski definition) is 3. The third-order valence-electron chi connectivity index (χ3n) is 2.08. The Kier molecular flexibility index (Phi) is 4.77. The van der Waals surface area contributed by atoms with Crippen LogP contribution >= 0.6 is 0 Å². The van der Waals surface area contributed by atoms with Crippen LogP contribution in [0.15, 0.2) is 24.5 Å². The Hall–Kier alpha value is -1.42. The maximum atomic E-state index is 11.4. The van der Waals surface area contributed by atoms with Crippen LogP contribution in [0.5, 0.6) is 0 Å². The summed E-state index contributed by atoms with van der Waals surface area (Å²) >= 11 is 0. The zero-order valence-corrected chi connectivity index (χ0v) is 9.16. The first-order chi connectivity index (χ1) is 7.24. The number of nitrogens with zero attached hydrogens (tertiary/aromatic N) is 1. The van der Waals surface area contributed by atoms with E-state index in [9.17, 15) is 4.79 Å². The van der Waals surface area contributed by atoms with Crippen LogP contribution in [0.4, 0.5) is 0 Å². The van der Waals surface area contributed by atoms with Crippen LogP contribution in [0, 0.1) is 0 Å². The Morgan fingerprint density at radius 1 is 1.60 bits per heavy atom. The minimum atomic E-state index is -0.176. The summed E-state index contributed by atoms with van der Waals surface area (Å²) in [5.41, 5.74) is 1.08. The van der Waals surface area contributed by atoms with Crippen LogP contribution in [0.3, 0.4) is 0 Å². The van der Waals surface area contributed by atoms with Crippen molar-refractivity contribution in [1.82, 2.24) is 15.6 Å². The molecule has 1 amide bonds. The molecule has 1 aromatic rings. The molecular weight excluding hydrogens is 190 g/mol. The van der Waals surface area contributed by atoms with E-state index < -0.39 is 0 Å². The van der Waals surface area contributed by atoms with E-state index in [2.05, 4.69) is 15.6 Å². The Bertz CT molecular complexity index is 300. The van der Waals surface area contributed by atoms with Gasteiger partial charge in [-0.05, 0) is 25.5 Å². The zero-order chi connectivity index (χ0) is 11.1. The summed E-state index contributed by atoms with van der Waals surface area (Å²) in [7, 11) is 0. The summed E-state index contributed by atoms with van der Waals surface area (Å²) in [5.74, 6) is 0.0291. The first-order valence-corrected chi connectivity index (χ1v) is 5.14. The third-order valence-corrected chi connectivity index (χ3v) is 2.08. The number of likely N-dealkylation sites (N-methyl/N-ethyl adjacent to an activating group) is 1. The van der Waals surface area contributed by atoms with Gasteiger partial charge in [0.15, 0.2) is 0 Å². The van der Waals surface area contributed by atoms with Crippen LogP contribution in [-0.2, 0) is 11.3 Å². The lowest BCUT2D eigenvalue weighted by molar-refractivity contribution is -0.122. The fourth-order valence-corrected chi connectivity index (χ4v) is 1.19. The molecule has 4 nitrogen and oxygen atoms in total. The second-order valence-electron chi connectivity index (χ2n) is 3.36. The van der Waals surface area contributed by atoms with Crippen molar-refractivity contribution in [2.45, 2.75) is 26.4 Å². The maximum absolute atomic E-state index is 11.4. The van der Waals surface area contributed by atoms with Crippen LogP contribution in [0.2, 0.25) is 0 Å². The predicted molar refractivity (Wildman–Crippen MR) is 59.2 cm³/mol. The van der Waals surface area contributed by atoms with E-state index in [0.717, 1.165) is 5.56 Å². The van der Waals surface area contributed by atoms with Gasteiger partial charge in [-0.1, -0.05) is 6.07 Å². The summed E-state index contributed by atoms with van der Waals surface area (Å²) in [4.78, 5) is 15.4. The monoisotopic (exact) mass is 207 g/mol. The standard InChI is InChI=1S/C11H17N3O/c1-3-13-11(15)9(2)14-8-10-5-4-6-12-7-10/h4-7,9,14H,3,8H2,1-2H3,(H,13,15). The first-order valence-electron chi connectivity index (χ1n) is 5.14. The Labute approximate surface area is 90.1 Å². The predicted octanol–water partition coefficient (Wildman–Crippen LogP) is 0.696. The van der Waals surface area contributed by atoms with Crippen LogP contribution in [-0.4, -0.2) is 23.5 Å². The molecule has 0 aliphatic heterocycles. The molecule has 0 bridgehead atoms. The fourth-order valence-electron chi connectivity index (χ4n) is 1.19. The third kappa shape index (κ3) is 4.08. The van der Waals surface area contributed by atoms with Crippen LogP contribution in [0.25, 0.3) is 0 Å². The summed E-state index contributed by atoms with van der Waals surface area (Å²) in [6, 6.07) is 3.68. The largest absolute Gasteiger partial charge is 0.355 e. The van der Waals surface area contributed by atoms with Gasteiger partial charge in [0.1, 0.15) is 0 Å². The van der Waals surface area contributed by atoms with Crippen molar-refractivity contribution in [3.8, 4) is 0 Å². The number of rotatable bonds is 5. The van der Waals surface area contributed by atoms with E-state index in [1.807, 2.05) is 26.0 Å². The Morgan fingerprint density at radius 2 is 2.40 bits per heavy atom. The van der Waals surface area contributed by atoms with Gasteiger partial charge in [0.25, 0.3) is 0 Å². The molecule has 0 aromatic carbocycles. The summed E-state index contributed by atoms with van der Waals surface area (Å²) in [6.45, 7) is 5.08. The van der Waals surface area contributed by atoms with Gasteiger partial charge in [-0.15, -0.1) is 0 Å². The van der Waals surface area contributed by atoms with E-state index in [1.165, 1.54) is 0 Å². The van der Waals surface area contributed by atoms with Gasteiger partial charge in [0.2, 0.25) is 5.91 Å². The van der Waals surface area contributed by atoms with Crippen molar-refractivity contribution in [3.63, 3.8) is 0 Å². The van der Waals surface area contributed by atoms with Crippen molar-refractivity contribution in [2.75, 3.05) is 6.54 Å². The molecule has 1 aromatic heterocycles. The fraction of sp³-hybridized carbons (Fsp3) is 0.455. The summed E-state index contributed by atoms with van der Waals surface area (Å²) in [6.07, 6.45) is 3.52. The number of carbonyl (C=O) groups is 1. The number of pyridine rings is 1. The summed E-state index contributed by atoms with van der Waals surface area (Å²) < 4.78 is 0. The minimum absolute atomic E-state index is 0.0291. The van der Waals surface area contributed by atoms with E-state index in [-0.39, 0.29) is 11.9 Å². The molecule has 1 rings (SSSR count). The molecular formula is C11H17N3O. The number of carbonyl (C=O) groups excluding carboxylic acids is 1. The van der Waals surface area contributed by atoms with Gasteiger partial charge in [-0.3, -0.25) is 9.78 Å². The Balaban J connectivity index is 2.34. The average Bonchev–Trinajstić information content (AvgIpc) is 2.27. The zero-order valence-electron chi connectivity index (χ0n) is 9.16. The highest BCUT2D eigenvalue weighted by molar-refractivity contribution is 5.81. The highest BCUT2D eigenvalue weighted by Gasteiger charge is 2.09. The van der Waals surface area contributed by atoms with Gasteiger partial charge in [0.05, 0.1) is 6.04 Å². The minimum Gasteiger partial charge on any atom is -0.355 e. The van der Waals surface area contributed by atoms with E-state index in [0.29, 0.717) is 13.1 Å². The van der Waals surface area contributed by atoms with Gasteiger partial charge in [0, 0.05) is 25.5 Å². The molecule has 2 N–H and O–H groups in total. The Morgan fingerprint density at radius 3 is 3.00 bits per heavy atom. The molecule has 0 radical (unpaired) electrons. The normalized spacial score (nSPS) is 12.1. The van der Waals surface area contributed by atoms with Crippen molar-refractivity contribution in [2.24, 2.45) is 0 Å². The van der Waals surface area contributed by atoms with Gasteiger partial charge in [-0.25, -0.2) is 0 Å². The van der Waals surface area contributed by atoms with Crippen molar-refractivity contribution in [1.29, 1.82) is 0 Å². The molecule has 15 heavy (non-hydrogen) atoms. The lowest BCUT2D eigenvalue weighted by atomic mass is 10.2. The number of amides is 1. The van der Waals surface area contributed by atoms with Crippen molar-refractivity contribution < 1.29 is 4.79 Å². The average molecular weight is 207 g/mol. The lowest BCUT2D eigenvalue weighted by Gasteiger charge is -2.12. The topological polar surface area (TPSA) is 54.0 Å². The van der Waals surface area contributed by atoms with Gasteiger partial charge < -0.3 is 10.6 Å². The van der Waals surface area contributed by atoms with Crippen LogP contribution in [0.1, 0.15) is 19.4 Å². The summed E-state index contributed by atoms with van der Waals surface area (Å²) in [5, 5.41) is 5.90. The number of hydrogen-bond donors (Lipinski definition) is 2. The molecule has 0 saturated heterocycles. The highest BCUT2D eigenvalue weighted by Crippen LogP contribution is 1.95.